The highest BCUT2D eigenvalue weighted by Crippen LogP contribution is 2.50. The zero-order valence-corrected chi connectivity index (χ0v) is 18.3. The summed E-state index contributed by atoms with van der Waals surface area (Å²) in [5.74, 6) is -0.302. The standard InChI is InChI=1S/C26H32O2/c1-8-19-14-22-23(26(5,6)16-25(22,3)4)15-21(19)17(2)13-18-9-11-20(12-10-18)24(27)28-7/h9-15H,8,16H2,1-7H3/b17-13+. The largest absolute Gasteiger partial charge is 0.465 e. The highest BCUT2D eigenvalue weighted by molar-refractivity contribution is 5.90. The molecule has 0 unspecified atom stereocenters. The van der Waals surface area contributed by atoms with Gasteiger partial charge in [-0.1, -0.05) is 65.0 Å². The number of carbonyl (C=O) groups is 1. The highest BCUT2D eigenvalue weighted by atomic mass is 16.5. The lowest BCUT2D eigenvalue weighted by Crippen LogP contribution is -2.18. The Bertz CT molecular complexity index is 928. The molecule has 0 atom stereocenters. The molecule has 0 saturated carbocycles. The zero-order valence-electron chi connectivity index (χ0n) is 18.3. The molecule has 28 heavy (non-hydrogen) atoms. The van der Waals surface area contributed by atoms with E-state index >= 15 is 0 Å². The minimum absolute atomic E-state index is 0.197. The number of carbonyl (C=O) groups excluding carboxylic acids is 1. The number of aryl methyl sites for hydroxylation is 1. The Morgan fingerprint density at radius 2 is 1.61 bits per heavy atom. The summed E-state index contributed by atoms with van der Waals surface area (Å²) >= 11 is 0. The van der Waals surface area contributed by atoms with Crippen LogP contribution in [0.25, 0.3) is 11.6 Å². The highest BCUT2D eigenvalue weighted by Gasteiger charge is 2.42. The third kappa shape index (κ3) is 3.65. The summed E-state index contributed by atoms with van der Waals surface area (Å²) in [7, 11) is 1.41. The summed E-state index contributed by atoms with van der Waals surface area (Å²) in [5.41, 5.74) is 9.08. The summed E-state index contributed by atoms with van der Waals surface area (Å²) in [6.45, 7) is 13.9. The van der Waals surface area contributed by atoms with Crippen LogP contribution in [0.1, 0.15) is 86.1 Å². The van der Waals surface area contributed by atoms with Crippen LogP contribution in [0.3, 0.4) is 0 Å². The minimum atomic E-state index is -0.302. The Labute approximate surface area is 169 Å². The van der Waals surface area contributed by atoms with Crippen LogP contribution < -0.4 is 0 Å². The van der Waals surface area contributed by atoms with E-state index in [0.717, 1.165) is 12.0 Å². The molecule has 2 aromatic rings. The lowest BCUT2D eigenvalue weighted by molar-refractivity contribution is 0.0600. The van der Waals surface area contributed by atoms with Crippen LogP contribution in [0.2, 0.25) is 0 Å². The monoisotopic (exact) mass is 376 g/mol. The van der Waals surface area contributed by atoms with Gasteiger partial charge in [0.15, 0.2) is 0 Å². The number of methoxy groups -OCH3 is 1. The molecule has 0 heterocycles. The first-order chi connectivity index (χ1) is 13.1. The number of hydrogen-bond donors (Lipinski definition) is 0. The third-order valence-electron chi connectivity index (χ3n) is 6.11. The summed E-state index contributed by atoms with van der Waals surface area (Å²) in [5, 5.41) is 0. The summed E-state index contributed by atoms with van der Waals surface area (Å²) in [6.07, 6.45) is 4.40. The fourth-order valence-electron chi connectivity index (χ4n) is 4.88. The predicted molar refractivity (Wildman–Crippen MR) is 118 cm³/mol. The van der Waals surface area contributed by atoms with Gasteiger partial charge in [-0.15, -0.1) is 0 Å². The lowest BCUT2D eigenvalue weighted by Gasteiger charge is -2.22. The second kappa shape index (κ2) is 7.24. The predicted octanol–water partition coefficient (Wildman–Crippen LogP) is 6.56. The van der Waals surface area contributed by atoms with Crippen molar-refractivity contribution in [2.24, 2.45) is 0 Å². The van der Waals surface area contributed by atoms with Gasteiger partial charge in [0.25, 0.3) is 0 Å². The molecular weight excluding hydrogens is 344 g/mol. The van der Waals surface area contributed by atoms with E-state index in [4.69, 9.17) is 4.74 Å². The second-order valence-electron chi connectivity index (χ2n) is 9.29. The first-order valence-electron chi connectivity index (χ1n) is 10.1. The molecule has 0 aliphatic heterocycles. The molecule has 2 nitrogen and oxygen atoms in total. The summed E-state index contributed by atoms with van der Waals surface area (Å²) in [4.78, 5) is 11.6. The smallest absolute Gasteiger partial charge is 0.337 e. The average molecular weight is 377 g/mol. The van der Waals surface area contributed by atoms with Gasteiger partial charge in [0.1, 0.15) is 0 Å². The number of fused-ring (bicyclic) bond motifs is 1. The maximum atomic E-state index is 11.6. The molecule has 1 aliphatic rings. The van der Waals surface area contributed by atoms with Crippen molar-refractivity contribution in [3.8, 4) is 0 Å². The van der Waals surface area contributed by atoms with Crippen molar-refractivity contribution in [2.75, 3.05) is 7.11 Å². The van der Waals surface area contributed by atoms with Crippen LogP contribution in [0.15, 0.2) is 36.4 Å². The molecule has 0 fully saturated rings. The van der Waals surface area contributed by atoms with E-state index in [9.17, 15) is 4.79 Å². The molecule has 3 rings (SSSR count). The number of allylic oxidation sites excluding steroid dienone is 1. The SMILES string of the molecule is CCc1cc2c(cc1/C(C)=C/c1ccc(C(=O)OC)cc1)C(C)(C)CC2(C)C. The van der Waals surface area contributed by atoms with Gasteiger partial charge in [0, 0.05) is 0 Å². The van der Waals surface area contributed by atoms with Crippen molar-refractivity contribution in [1.29, 1.82) is 0 Å². The summed E-state index contributed by atoms with van der Waals surface area (Å²) in [6, 6.07) is 12.5. The molecule has 0 amide bonds. The van der Waals surface area contributed by atoms with E-state index in [1.165, 1.54) is 41.4 Å². The van der Waals surface area contributed by atoms with Gasteiger partial charge in [-0.3, -0.25) is 0 Å². The lowest BCUT2D eigenvalue weighted by atomic mass is 9.82. The van der Waals surface area contributed by atoms with E-state index in [2.05, 4.69) is 59.8 Å². The van der Waals surface area contributed by atoms with Crippen LogP contribution in [0, 0.1) is 0 Å². The fourth-order valence-corrected chi connectivity index (χ4v) is 4.88. The number of ether oxygens (including phenoxy) is 1. The molecule has 2 heteroatoms. The molecule has 148 valence electrons. The van der Waals surface area contributed by atoms with Gasteiger partial charge in [0.05, 0.1) is 12.7 Å². The molecule has 1 aliphatic carbocycles. The van der Waals surface area contributed by atoms with Crippen molar-refractivity contribution in [3.63, 3.8) is 0 Å². The third-order valence-corrected chi connectivity index (χ3v) is 6.11. The average Bonchev–Trinajstić information content (AvgIpc) is 2.84. The molecule has 2 aromatic carbocycles. The van der Waals surface area contributed by atoms with Gasteiger partial charge in [-0.05, 0) is 76.1 Å². The molecule has 0 bridgehead atoms. The van der Waals surface area contributed by atoms with Crippen molar-refractivity contribution in [3.05, 3.63) is 69.8 Å². The quantitative estimate of drug-likeness (QED) is 0.446. The van der Waals surface area contributed by atoms with E-state index in [1.54, 1.807) is 0 Å². The maximum absolute atomic E-state index is 11.6. The summed E-state index contributed by atoms with van der Waals surface area (Å²) < 4.78 is 4.78. The van der Waals surface area contributed by atoms with Crippen LogP contribution in [-0.4, -0.2) is 13.1 Å². The number of esters is 1. The van der Waals surface area contributed by atoms with Gasteiger partial charge < -0.3 is 4.74 Å². The van der Waals surface area contributed by atoms with Gasteiger partial charge >= 0.3 is 5.97 Å². The number of rotatable bonds is 4. The normalized spacial score (nSPS) is 17.3. The maximum Gasteiger partial charge on any atom is 0.337 e. The Kier molecular flexibility index (Phi) is 5.27. The van der Waals surface area contributed by atoms with E-state index in [1.807, 2.05) is 24.3 Å². The van der Waals surface area contributed by atoms with Crippen LogP contribution >= 0.6 is 0 Å². The molecule has 0 N–H and O–H groups in total. The Hall–Kier alpha value is -2.35. The molecular formula is C26H32O2. The number of benzene rings is 2. The van der Waals surface area contributed by atoms with Crippen LogP contribution in [0.4, 0.5) is 0 Å². The molecule has 0 aromatic heterocycles. The van der Waals surface area contributed by atoms with Crippen LogP contribution in [-0.2, 0) is 22.0 Å². The van der Waals surface area contributed by atoms with Crippen molar-refractivity contribution >= 4 is 17.6 Å². The number of hydrogen-bond acceptors (Lipinski definition) is 2. The zero-order chi connectivity index (χ0) is 20.7. The Balaban J connectivity index is 2.03. The topological polar surface area (TPSA) is 26.3 Å². The van der Waals surface area contributed by atoms with Crippen molar-refractivity contribution < 1.29 is 9.53 Å². The van der Waals surface area contributed by atoms with Gasteiger partial charge in [-0.25, -0.2) is 4.79 Å². The second-order valence-corrected chi connectivity index (χ2v) is 9.29. The molecule has 0 saturated heterocycles. The molecule has 0 spiro atoms. The van der Waals surface area contributed by atoms with E-state index < -0.39 is 0 Å². The first kappa shape index (κ1) is 20.4. The van der Waals surface area contributed by atoms with Gasteiger partial charge in [-0.2, -0.15) is 0 Å². The first-order valence-corrected chi connectivity index (χ1v) is 10.1. The molecule has 0 radical (unpaired) electrons. The van der Waals surface area contributed by atoms with Crippen molar-refractivity contribution in [2.45, 2.75) is 65.2 Å². The Morgan fingerprint density at radius 3 is 2.14 bits per heavy atom. The fraction of sp³-hybridized carbons (Fsp3) is 0.423. The minimum Gasteiger partial charge on any atom is -0.465 e. The van der Waals surface area contributed by atoms with E-state index in [-0.39, 0.29) is 16.8 Å². The van der Waals surface area contributed by atoms with Crippen molar-refractivity contribution in [1.82, 2.24) is 0 Å². The Morgan fingerprint density at radius 1 is 1.04 bits per heavy atom. The van der Waals surface area contributed by atoms with Crippen LogP contribution in [0.5, 0.6) is 0 Å². The van der Waals surface area contributed by atoms with Gasteiger partial charge in [0.2, 0.25) is 0 Å². The van der Waals surface area contributed by atoms with E-state index in [0.29, 0.717) is 5.56 Å².